The van der Waals surface area contributed by atoms with Gasteiger partial charge in [-0.2, -0.15) is 0 Å². The molecule has 0 saturated carbocycles. The van der Waals surface area contributed by atoms with Gasteiger partial charge in [0.1, 0.15) is 0 Å². The van der Waals surface area contributed by atoms with Crippen LogP contribution in [0.1, 0.15) is 0 Å². The van der Waals surface area contributed by atoms with E-state index in [-0.39, 0.29) is 79.1 Å². The predicted molar refractivity (Wildman–Crippen MR) is 10.8 cm³/mol. The SMILES string of the molecule is O.[NaH].[Nb].[Ti]. The molecule has 4 heteroatoms. The smallest absolute Gasteiger partial charge is 0 e. The van der Waals surface area contributed by atoms with Gasteiger partial charge in [0.25, 0.3) is 0 Å². The standard InChI is InChI=1S/Na.Nb.H2O.Ti.H/h;;1H2;;. The molecule has 0 spiro atoms. The van der Waals surface area contributed by atoms with Crippen molar-refractivity contribution in [2.24, 2.45) is 0 Å². The maximum absolute atomic E-state index is 0. The van der Waals surface area contributed by atoms with Crippen molar-refractivity contribution in [3.8, 4) is 0 Å². The van der Waals surface area contributed by atoms with Gasteiger partial charge in [-0.05, 0) is 0 Å². The molecule has 0 aliphatic carbocycles. The molecule has 0 unspecified atom stereocenters. The van der Waals surface area contributed by atoms with E-state index >= 15 is 0 Å². The number of hydrogen-bond acceptors (Lipinski definition) is 0. The Balaban J connectivity index is 0. The average molecular weight is 183 g/mol. The van der Waals surface area contributed by atoms with E-state index in [9.17, 15) is 0 Å². The molecule has 0 fully saturated rings. The maximum atomic E-state index is 0. The van der Waals surface area contributed by atoms with Gasteiger partial charge in [-0.25, -0.2) is 0 Å². The van der Waals surface area contributed by atoms with Crippen LogP contribution in [0.2, 0.25) is 0 Å². The summed E-state index contributed by atoms with van der Waals surface area (Å²) in [5, 5.41) is 0. The van der Waals surface area contributed by atoms with Crippen molar-refractivity contribution in [1.82, 2.24) is 0 Å². The van der Waals surface area contributed by atoms with Gasteiger partial charge in [0.15, 0.2) is 0 Å². The molecule has 0 aromatic rings. The van der Waals surface area contributed by atoms with Crippen LogP contribution in [-0.4, -0.2) is 35.0 Å². The van der Waals surface area contributed by atoms with E-state index in [0.717, 1.165) is 0 Å². The zero-order valence-electron chi connectivity index (χ0n) is 1.45. The predicted octanol–water partition coefficient (Wildman–Crippen LogP) is -1.48. The van der Waals surface area contributed by atoms with Crippen molar-refractivity contribution < 1.29 is 49.6 Å². The molecule has 0 aromatic heterocycles. The molecule has 0 rings (SSSR count). The maximum Gasteiger partial charge on any atom is 0 e. The molecule has 2 N–H and O–H groups in total. The fraction of sp³-hybridized carbons (Fsp3) is 0. The van der Waals surface area contributed by atoms with Crippen LogP contribution in [0.25, 0.3) is 0 Å². The first-order valence-corrected chi connectivity index (χ1v) is 0. The zero-order valence-corrected chi connectivity index (χ0v) is 5.21. The zero-order chi connectivity index (χ0) is 0. The Bertz CT molecular complexity index is 8.00. The number of hydrogen-bond donors (Lipinski definition) is 0. The molecular weight excluding hydrogens is 180 g/mol. The summed E-state index contributed by atoms with van der Waals surface area (Å²) in [4.78, 5) is 0. The molecular formula is H3NaNbOTi. The van der Waals surface area contributed by atoms with Gasteiger partial charge >= 0.3 is 29.6 Å². The van der Waals surface area contributed by atoms with Gasteiger partial charge < -0.3 is 5.48 Å². The Morgan fingerprint density at radius 1 is 1.00 bits per heavy atom. The molecule has 0 bridgehead atoms. The second-order valence-corrected chi connectivity index (χ2v) is 0. The molecule has 0 saturated heterocycles. The van der Waals surface area contributed by atoms with Crippen LogP contribution in [0.5, 0.6) is 0 Å². The summed E-state index contributed by atoms with van der Waals surface area (Å²) in [6, 6.07) is 0. The first-order chi connectivity index (χ1) is 0. The molecule has 19 valence electrons. The van der Waals surface area contributed by atoms with Crippen molar-refractivity contribution >= 4 is 29.6 Å². The minimum absolute atomic E-state index is 0. The molecule has 0 atom stereocenters. The van der Waals surface area contributed by atoms with Crippen LogP contribution in [0.15, 0.2) is 0 Å². The van der Waals surface area contributed by atoms with E-state index in [1.165, 1.54) is 0 Å². The Morgan fingerprint density at radius 3 is 1.00 bits per heavy atom. The molecule has 1 nitrogen and oxygen atoms in total. The third-order valence-corrected chi connectivity index (χ3v) is 0. The van der Waals surface area contributed by atoms with Crippen LogP contribution in [0, 0.1) is 0 Å². The van der Waals surface area contributed by atoms with Gasteiger partial charge in [0, 0.05) is 44.1 Å². The van der Waals surface area contributed by atoms with Crippen LogP contribution >= 0.6 is 0 Å². The van der Waals surface area contributed by atoms with Gasteiger partial charge in [0.05, 0.1) is 0 Å². The summed E-state index contributed by atoms with van der Waals surface area (Å²) in [6.45, 7) is 0. The molecule has 0 aliphatic rings. The minimum Gasteiger partial charge on any atom is 0 e. The van der Waals surface area contributed by atoms with E-state index in [0.29, 0.717) is 0 Å². The first-order valence-electron chi connectivity index (χ1n) is 0. The molecule has 0 aliphatic heterocycles. The Hall–Kier alpha value is 2.41. The van der Waals surface area contributed by atoms with Gasteiger partial charge in [-0.3, -0.25) is 0 Å². The van der Waals surface area contributed by atoms with E-state index in [4.69, 9.17) is 0 Å². The van der Waals surface area contributed by atoms with Crippen molar-refractivity contribution in [1.29, 1.82) is 0 Å². The largest absolute Gasteiger partial charge is 0 e. The minimum atomic E-state index is 0. The third kappa shape index (κ3) is 8.83. The van der Waals surface area contributed by atoms with Gasteiger partial charge in [-0.15, -0.1) is 0 Å². The van der Waals surface area contributed by atoms with Gasteiger partial charge in [-0.1, -0.05) is 0 Å². The van der Waals surface area contributed by atoms with Crippen LogP contribution < -0.4 is 0 Å². The summed E-state index contributed by atoms with van der Waals surface area (Å²) in [7, 11) is 0. The summed E-state index contributed by atoms with van der Waals surface area (Å²) >= 11 is 0. The van der Waals surface area contributed by atoms with Crippen molar-refractivity contribution in [2.75, 3.05) is 0 Å². The fourth-order valence-corrected chi connectivity index (χ4v) is 0. The van der Waals surface area contributed by atoms with Crippen LogP contribution in [0.4, 0.5) is 0 Å². The average Bonchev–Trinajstić information content (AvgIpc) is 0. The summed E-state index contributed by atoms with van der Waals surface area (Å²) in [5.74, 6) is 0. The summed E-state index contributed by atoms with van der Waals surface area (Å²) in [5.41, 5.74) is 0. The third-order valence-electron chi connectivity index (χ3n) is 0. The van der Waals surface area contributed by atoms with Crippen LogP contribution in [0.3, 0.4) is 0 Å². The Kier molecular flexibility index (Phi) is 146. The van der Waals surface area contributed by atoms with Crippen molar-refractivity contribution in [3.63, 3.8) is 0 Å². The Morgan fingerprint density at radius 2 is 1.00 bits per heavy atom. The van der Waals surface area contributed by atoms with E-state index in [1.807, 2.05) is 0 Å². The van der Waals surface area contributed by atoms with Crippen LogP contribution in [-0.2, 0) is 44.1 Å². The normalized spacial score (nSPS) is 0. The molecule has 0 heterocycles. The van der Waals surface area contributed by atoms with E-state index in [1.54, 1.807) is 0 Å². The molecule has 0 aromatic carbocycles. The first kappa shape index (κ1) is 32.3. The molecule has 0 amide bonds. The summed E-state index contributed by atoms with van der Waals surface area (Å²) < 4.78 is 0. The van der Waals surface area contributed by atoms with Gasteiger partial charge in [0.2, 0.25) is 0 Å². The summed E-state index contributed by atoms with van der Waals surface area (Å²) in [6.07, 6.45) is 0. The monoisotopic (exact) mass is 183 g/mol. The van der Waals surface area contributed by atoms with Crippen molar-refractivity contribution in [3.05, 3.63) is 0 Å². The topological polar surface area (TPSA) is 31.5 Å². The van der Waals surface area contributed by atoms with E-state index < -0.39 is 0 Å². The Labute approximate surface area is 77.9 Å². The van der Waals surface area contributed by atoms with Crippen molar-refractivity contribution in [2.45, 2.75) is 0 Å². The quantitative estimate of drug-likeness (QED) is 0.410. The second kappa shape index (κ2) is 18.1. The molecule has 4 heavy (non-hydrogen) atoms. The fourth-order valence-electron chi connectivity index (χ4n) is 0. The second-order valence-electron chi connectivity index (χ2n) is 0. The number of rotatable bonds is 0. The molecule has 1 radical (unpaired) electrons. The van der Waals surface area contributed by atoms with E-state index in [2.05, 4.69) is 0 Å².